The number of ether oxygens (including phenoxy) is 2. The fraction of sp³-hybridized carbons (Fsp3) is 0.833. The molecule has 0 unspecified atom stereocenters. The lowest BCUT2D eigenvalue weighted by atomic mass is 10.3. The topological polar surface area (TPSA) is 81.8 Å². The third-order valence-corrected chi connectivity index (χ3v) is 1.05. The lowest BCUT2D eigenvalue weighted by Gasteiger charge is -2.06. The first-order valence-corrected chi connectivity index (χ1v) is 3.23. The average molecular weight is 163 g/mol. The van der Waals surface area contributed by atoms with Gasteiger partial charge in [-0.15, -0.1) is 0 Å². The maximum absolute atomic E-state index is 10.1. The zero-order valence-corrected chi connectivity index (χ0v) is 6.45. The molecule has 0 aromatic carbocycles. The van der Waals surface area contributed by atoms with Crippen LogP contribution in [0.25, 0.3) is 0 Å². The molecule has 5 nitrogen and oxygen atoms in total. The third kappa shape index (κ3) is 5.78. The molecule has 66 valence electrons. The van der Waals surface area contributed by atoms with E-state index in [1.165, 1.54) is 0 Å². The highest BCUT2D eigenvalue weighted by Crippen LogP contribution is 1.82. The van der Waals surface area contributed by atoms with Crippen molar-refractivity contribution in [2.75, 3.05) is 26.9 Å². The Bertz CT molecular complexity index is 117. The van der Waals surface area contributed by atoms with Crippen molar-refractivity contribution in [1.82, 2.24) is 0 Å². The van der Waals surface area contributed by atoms with Gasteiger partial charge in [-0.1, -0.05) is 0 Å². The number of carboxylic acid groups (broad SMARTS) is 1. The zero-order chi connectivity index (χ0) is 8.69. The Kier molecular flexibility index (Phi) is 5.73. The van der Waals surface area contributed by atoms with Crippen LogP contribution in [-0.2, 0) is 14.3 Å². The van der Waals surface area contributed by atoms with Crippen LogP contribution in [0.4, 0.5) is 0 Å². The SMILES string of the molecule is COCCOC[C@H](N)C(=O)O. The quantitative estimate of drug-likeness (QED) is 0.494. The second kappa shape index (κ2) is 6.09. The second-order valence-corrected chi connectivity index (χ2v) is 2.01. The van der Waals surface area contributed by atoms with Gasteiger partial charge in [-0.25, -0.2) is 0 Å². The van der Waals surface area contributed by atoms with E-state index in [0.717, 1.165) is 0 Å². The highest BCUT2D eigenvalue weighted by molar-refractivity contribution is 5.73. The summed E-state index contributed by atoms with van der Waals surface area (Å²) in [7, 11) is 1.54. The minimum Gasteiger partial charge on any atom is -0.480 e. The van der Waals surface area contributed by atoms with Gasteiger partial charge < -0.3 is 20.3 Å². The Balaban J connectivity index is 3.17. The number of nitrogens with two attached hydrogens (primary N) is 1. The van der Waals surface area contributed by atoms with Crippen molar-refractivity contribution in [2.45, 2.75) is 6.04 Å². The molecule has 5 heteroatoms. The summed E-state index contributed by atoms with van der Waals surface area (Å²) in [5.41, 5.74) is 5.13. The van der Waals surface area contributed by atoms with Crippen LogP contribution in [0.5, 0.6) is 0 Å². The van der Waals surface area contributed by atoms with E-state index in [1.54, 1.807) is 7.11 Å². The first kappa shape index (κ1) is 10.3. The molecule has 0 fully saturated rings. The molecule has 0 aromatic rings. The molecule has 1 atom stereocenters. The van der Waals surface area contributed by atoms with Crippen molar-refractivity contribution in [3.63, 3.8) is 0 Å². The summed E-state index contributed by atoms with van der Waals surface area (Å²) in [6, 6.07) is -0.938. The van der Waals surface area contributed by atoms with Crippen molar-refractivity contribution < 1.29 is 19.4 Å². The van der Waals surface area contributed by atoms with Gasteiger partial charge in [-0.05, 0) is 0 Å². The first-order chi connectivity index (χ1) is 5.18. The number of rotatable bonds is 6. The van der Waals surface area contributed by atoms with E-state index in [-0.39, 0.29) is 6.61 Å². The number of aliphatic carboxylic acids is 1. The van der Waals surface area contributed by atoms with Crippen LogP contribution >= 0.6 is 0 Å². The fourth-order valence-electron chi connectivity index (χ4n) is 0.424. The zero-order valence-electron chi connectivity index (χ0n) is 6.45. The van der Waals surface area contributed by atoms with E-state index in [9.17, 15) is 4.79 Å². The van der Waals surface area contributed by atoms with Crippen LogP contribution < -0.4 is 5.73 Å². The molecular formula is C6H13NO4. The molecule has 0 aliphatic rings. The minimum atomic E-state index is -1.05. The van der Waals surface area contributed by atoms with Crippen LogP contribution in [0.15, 0.2) is 0 Å². The summed E-state index contributed by atoms with van der Waals surface area (Å²) in [5.74, 6) is -1.05. The predicted molar refractivity (Wildman–Crippen MR) is 38.3 cm³/mol. The van der Waals surface area contributed by atoms with Gasteiger partial charge in [0.1, 0.15) is 6.04 Å². The van der Waals surface area contributed by atoms with E-state index in [4.69, 9.17) is 15.6 Å². The molecule has 0 aliphatic heterocycles. The molecule has 0 spiro atoms. The van der Waals surface area contributed by atoms with E-state index >= 15 is 0 Å². The Morgan fingerprint density at radius 1 is 1.64 bits per heavy atom. The van der Waals surface area contributed by atoms with Gasteiger partial charge in [0, 0.05) is 7.11 Å². The van der Waals surface area contributed by atoms with E-state index in [0.29, 0.717) is 13.2 Å². The molecule has 3 N–H and O–H groups in total. The summed E-state index contributed by atoms with van der Waals surface area (Å²) < 4.78 is 9.54. The molecule has 0 saturated carbocycles. The van der Waals surface area contributed by atoms with Gasteiger partial charge >= 0.3 is 5.97 Å². The van der Waals surface area contributed by atoms with Crippen molar-refractivity contribution in [2.24, 2.45) is 5.73 Å². The van der Waals surface area contributed by atoms with Crippen LogP contribution in [-0.4, -0.2) is 44.0 Å². The van der Waals surface area contributed by atoms with Crippen LogP contribution in [0, 0.1) is 0 Å². The molecule has 0 rings (SSSR count). The van der Waals surface area contributed by atoms with Crippen molar-refractivity contribution in [3.05, 3.63) is 0 Å². The Hall–Kier alpha value is -0.650. The van der Waals surface area contributed by atoms with Crippen molar-refractivity contribution in [1.29, 1.82) is 0 Å². The minimum absolute atomic E-state index is 0.0265. The second-order valence-electron chi connectivity index (χ2n) is 2.01. The highest BCUT2D eigenvalue weighted by atomic mass is 16.5. The third-order valence-electron chi connectivity index (χ3n) is 1.05. The van der Waals surface area contributed by atoms with Gasteiger partial charge in [0.05, 0.1) is 19.8 Å². The molecular weight excluding hydrogens is 150 g/mol. The molecule has 0 amide bonds. The van der Waals surface area contributed by atoms with Crippen LogP contribution in [0.1, 0.15) is 0 Å². The molecule has 0 aromatic heterocycles. The molecule has 0 radical (unpaired) electrons. The lowest BCUT2D eigenvalue weighted by Crippen LogP contribution is -2.35. The molecule has 0 heterocycles. The van der Waals surface area contributed by atoms with Crippen LogP contribution in [0.3, 0.4) is 0 Å². The number of carboxylic acids is 1. The van der Waals surface area contributed by atoms with Crippen molar-refractivity contribution >= 4 is 5.97 Å². The van der Waals surface area contributed by atoms with Gasteiger partial charge in [0.15, 0.2) is 0 Å². The van der Waals surface area contributed by atoms with E-state index in [1.807, 2.05) is 0 Å². The van der Waals surface area contributed by atoms with Crippen molar-refractivity contribution in [3.8, 4) is 0 Å². The summed E-state index contributed by atoms with van der Waals surface area (Å²) in [6.45, 7) is 0.850. The maximum Gasteiger partial charge on any atom is 0.322 e. The summed E-state index contributed by atoms with van der Waals surface area (Å²) in [4.78, 5) is 10.1. The summed E-state index contributed by atoms with van der Waals surface area (Å²) >= 11 is 0. The summed E-state index contributed by atoms with van der Waals surface area (Å²) in [5, 5.41) is 8.30. The average Bonchev–Trinajstić information content (AvgIpc) is 1.97. The number of hydrogen-bond donors (Lipinski definition) is 2. The van der Waals surface area contributed by atoms with Gasteiger partial charge in [0.25, 0.3) is 0 Å². The molecule has 0 saturated heterocycles. The normalized spacial score (nSPS) is 12.9. The Morgan fingerprint density at radius 3 is 2.73 bits per heavy atom. The van der Waals surface area contributed by atoms with E-state index in [2.05, 4.69) is 4.74 Å². The number of methoxy groups -OCH3 is 1. The van der Waals surface area contributed by atoms with Gasteiger partial charge in [-0.2, -0.15) is 0 Å². The smallest absolute Gasteiger partial charge is 0.322 e. The summed E-state index contributed by atoms with van der Waals surface area (Å²) in [6.07, 6.45) is 0. The van der Waals surface area contributed by atoms with Crippen LogP contribution in [0.2, 0.25) is 0 Å². The van der Waals surface area contributed by atoms with E-state index < -0.39 is 12.0 Å². The maximum atomic E-state index is 10.1. The first-order valence-electron chi connectivity index (χ1n) is 3.23. The fourth-order valence-corrected chi connectivity index (χ4v) is 0.424. The van der Waals surface area contributed by atoms with Gasteiger partial charge in [-0.3, -0.25) is 4.79 Å². The Morgan fingerprint density at radius 2 is 2.27 bits per heavy atom. The predicted octanol–water partition coefficient (Wildman–Crippen LogP) is -0.939. The Labute approximate surface area is 65.1 Å². The molecule has 0 aliphatic carbocycles. The molecule has 0 bridgehead atoms. The number of carbonyl (C=O) groups is 1. The lowest BCUT2D eigenvalue weighted by molar-refractivity contribution is -0.140. The largest absolute Gasteiger partial charge is 0.480 e. The standard InChI is InChI=1S/C6H13NO4/c1-10-2-3-11-4-5(7)6(8)9/h5H,2-4,7H2,1H3,(H,8,9)/t5-/m0/s1. The highest BCUT2D eigenvalue weighted by Gasteiger charge is 2.10. The molecule has 11 heavy (non-hydrogen) atoms. The monoisotopic (exact) mass is 163 g/mol. The van der Waals surface area contributed by atoms with Gasteiger partial charge in [0.2, 0.25) is 0 Å². The number of hydrogen-bond acceptors (Lipinski definition) is 4.